The molecule has 0 aliphatic carbocycles. The maximum Gasteiger partial charge on any atom is 0.326 e. The molecular formula is C26H51N3O4. The fourth-order valence-electron chi connectivity index (χ4n) is 3.94. The normalized spacial score (nSPS) is 13.0. The molecule has 0 bridgehead atoms. The molecule has 0 aromatic heterocycles. The van der Waals surface area contributed by atoms with E-state index in [-0.39, 0.29) is 11.8 Å². The van der Waals surface area contributed by atoms with E-state index in [1.807, 2.05) is 13.8 Å². The van der Waals surface area contributed by atoms with Crippen LogP contribution in [0.4, 0.5) is 0 Å². The Morgan fingerprint density at radius 2 is 1.30 bits per heavy atom. The monoisotopic (exact) mass is 469 g/mol. The molecule has 33 heavy (non-hydrogen) atoms. The topological polar surface area (TPSA) is 122 Å². The summed E-state index contributed by atoms with van der Waals surface area (Å²) in [5.74, 6) is -1.42. The molecule has 0 aliphatic rings. The number of carboxylic acid groups (broad SMARTS) is 1. The lowest BCUT2D eigenvalue weighted by molar-refractivity contribution is -0.142. The lowest BCUT2D eigenvalue weighted by Crippen LogP contribution is -2.52. The third-order valence-electron chi connectivity index (χ3n) is 5.93. The highest BCUT2D eigenvalue weighted by molar-refractivity contribution is 5.90. The van der Waals surface area contributed by atoms with Crippen molar-refractivity contribution in [2.24, 2.45) is 11.7 Å². The minimum absolute atomic E-state index is 0.137. The second-order valence-corrected chi connectivity index (χ2v) is 9.72. The number of hydrogen-bond donors (Lipinski definition) is 4. The van der Waals surface area contributed by atoms with Crippen molar-refractivity contribution in [3.63, 3.8) is 0 Å². The highest BCUT2D eigenvalue weighted by Crippen LogP contribution is 2.12. The first-order chi connectivity index (χ1) is 15.8. The van der Waals surface area contributed by atoms with Crippen molar-refractivity contribution in [2.75, 3.05) is 6.54 Å². The number of amides is 2. The van der Waals surface area contributed by atoms with E-state index in [0.717, 1.165) is 19.3 Å². The number of nitrogens with two attached hydrogens (primary N) is 1. The van der Waals surface area contributed by atoms with Crippen molar-refractivity contribution in [2.45, 2.75) is 136 Å². The second kappa shape index (κ2) is 20.9. The molecule has 0 radical (unpaired) electrons. The summed E-state index contributed by atoms with van der Waals surface area (Å²) in [5, 5.41) is 14.8. The zero-order chi connectivity index (χ0) is 24.9. The van der Waals surface area contributed by atoms with Gasteiger partial charge in [0.25, 0.3) is 0 Å². The van der Waals surface area contributed by atoms with Crippen molar-refractivity contribution < 1.29 is 19.5 Å². The fraction of sp³-hybridized carbons (Fsp3) is 0.885. The number of carbonyl (C=O) groups excluding carboxylic acids is 2. The summed E-state index contributed by atoms with van der Waals surface area (Å²) >= 11 is 0. The number of rotatable bonds is 22. The van der Waals surface area contributed by atoms with Gasteiger partial charge in [-0.05, 0) is 44.6 Å². The Bertz CT molecular complexity index is 526. The summed E-state index contributed by atoms with van der Waals surface area (Å²) in [5.41, 5.74) is 5.47. The Kier molecular flexibility index (Phi) is 19.9. The van der Waals surface area contributed by atoms with Crippen LogP contribution < -0.4 is 16.4 Å². The van der Waals surface area contributed by atoms with Crippen molar-refractivity contribution in [1.29, 1.82) is 0 Å². The fourth-order valence-corrected chi connectivity index (χ4v) is 3.94. The van der Waals surface area contributed by atoms with Crippen LogP contribution in [0.5, 0.6) is 0 Å². The van der Waals surface area contributed by atoms with E-state index >= 15 is 0 Å². The Labute approximate surface area is 202 Å². The Hall–Kier alpha value is -1.63. The summed E-state index contributed by atoms with van der Waals surface area (Å²) in [6.45, 7) is 6.68. The van der Waals surface area contributed by atoms with Crippen LogP contribution in [0.3, 0.4) is 0 Å². The van der Waals surface area contributed by atoms with Gasteiger partial charge in [-0.3, -0.25) is 9.59 Å². The predicted molar refractivity (Wildman–Crippen MR) is 135 cm³/mol. The Balaban J connectivity index is 4.26. The highest BCUT2D eigenvalue weighted by Gasteiger charge is 2.26. The van der Waals surface area contributed by atoms with Crippen LogP contribution in [0, 0.1) is 5.92 Å². The molecule has 194 valence electrons. The van der Waals surface area contributed by atoms with Crippen LogP contribution in [0.25, 0.3) is 0 Å². The molecule has 2 amide bonds. The minimum atomic E-state index is -1.06. The lowest BCUT2D eigenvalue weighted by atomic mass is 10.0. The van der Waals surface area contributed by atoms with Crippen molar-refractivity contribution >= 4 is 17.8 Å². The van der Waals surface area contributed by atoms with E-state index in [4.69, 9.17) is 5.73 Å². The van der Waals surface area contributed by atoms with Gasteiger partial charge in [-0.1, -0.05) is 85.0 Å². The Morgan fingerprint density at radius 1 is 0.758 bits per heavy atom. The van der Waals surface area contributed by atoms with Crippen LogP contribution in [0.1, 0.15) is 124 Å². The first kappa shape index (κ1) is 31.4. The van der Waals surface area contributed by atoms with Crippen molar-refractivity contribution in [1.82, 2.24) is 10.6 Å². The third kappa shape index (κ3) is 18.5. The first-order valence-corrected chi connectivity index (χ1v) is 13.3. The summed E-state index contributed by atoms with van der Waals surface area (Å²) in [7, 11) is 0. The number of unbranched alkanes of at least 4 members (excludes halogenated alkanes) is 11. The van der Waals surface area contributed by atoms with Crippen LogP contribution in [-0.4, -0.2) is 41.5 Å². The zero-order valence-corrected chi connectivity index (χ0v) is 21.5. The van der Waals surface area contributed by atoms with Crippen LogP contribution in [0.2, 0.25) is 0 Å². The van der Waals surface area contributed by atoms with Crippen LogP contribution in [-0.2, 0) is 14.4 Å². The molecule has 0 rings (SSSR count). The molecular weight excluding hydrogens is 418 g/mol. The van der Waals surface area contributed by atoms with Gasteiger partial charge in [-0.15, -0.1) is 0 Å². The maximum absolute atomic E-state index is 12.7. The molecule has 2 atom stereocenters. The first-order valence-electron chi connectivity index (χ1n) is 13.3. The third-order valence-corrected chi connectivity index (χ3v) is 5.93. The molecule has 0 saturated carbocycles. The van der Waals surface area contributed by atoms with E-state index < -0.39 is 24.0 Å². The molecule has 0 aliphatic heterocycles. The molecule has 5 N–H and O–H groups in total. The zero-order valence-electron chi connectivity index (χ0n) is 21.5. The number of carbonyl (C=O) groups is 3. The van der Waals surface area contributed by atoms with Gasteiger partial charge in [0.05, 0.1) is 0 Å². The van der Waals surface area contributed by atoms with Gasteiger partial charge in [0.2, 0.25) is 11.8 Å². The lowest BCUT2D eigenvalue weighted by Gasteiger charge is -2.23. The van der Waals surface area contributed by atoms with E-state index in [0.29, 0.717) is 38.6 Å². The quantitative estimate of drug-likeness (QED) is 0.168. The van der Waals surface area contributed by atoms with E-state index in [2.05, 4.69) is 17.6 Å². The smallest absolute Gasteiger partial charge is 0.326 e. The van der Waals surface area contributed by atoms with Gasteiger partial charge in [0.15, 0.2) is 0 Å². The van der Waals surface area contributed by atoms with Gasteiger partial charge in [0, 0.05) is 6.42 Å². The van der Waals surface area contributed by atoms with E-state index in [1.54, 1.807) is 0 Å². The van der Waals surface area contributed by atoms with E-state index in [9.17, 15) is 19.5 Å². The molecule has 0 unspecified atom stereocenters. The molecule has 0 spiro atoms. The summed E-state index contributed by atoms with van der Waals surface area (Å²) in [6, 6.07) is -1.66. The number of hydrogen-bond acceptors (Lipinski definition) is 4. The highest BCUT2D eigenvalue weighted by atomic mass is 16.4. The molecule has 7 nitrogen and oxygen atoms in total. The van der Waals surface area contributed by atoms with Gasteiger partial charge in [-0.2, -0.15) is 0 Å². The summed E-state index contributed by atoms with van der Waals surface area (Å²) in [6.07, 6.45) is 16.0. The van der Waals surface area contributed by atoms with Crippen molar-refractivity contribution in [3.05, 3.63) is 0 Å². The Morgan fingerprint density at radius 3 is 1.79 bits per heavy atom. The van der Waals surface area contributed by atoms with Gasteiger partial charge < -0.3 is 21.5 Å². The maximum atomic E-state index is 12.7. The predicted octanol–water partition coefficient (Wildman–Crippen LogP) is 4.92. The number of carboxylic acids is 1. The summed E-state index contributed by atoms with van der Waals surface area (Å²) < 4.78 is 0. The SMILES string of the molecule is CCCCCCCCCCCCCC(=O)N[C@@H](CC(C)C)C(=O)N[C@@H](CCCCN)C(=O)O. The average Bonchev–Trinajstić information content (AvgIpc) is 2.75. The van der Waals surface area contributed by atoms with Crippen molar-refractivity contribution in [3.8, 4) is 0 Å². The molecule has 0 aromatic carbocycles. The number of aliphatic carboxylic acids is 1. The molecule has 7 heteroatoms. The van der Waals surface area contributed by atoms with Crippen LogP contribution >= 0.6 is 0 Å². The average molecular weight is 470 g/mol. The molecule has 0 fully saturated rings. The van der Waals surface area contributed by atoms with Gasteiger partial charge in [0.1, 0.15) is 12.1 Å². The number of nitrogens with one attached hydrogen (secondary N) is 2. The van der Waals surface area contributed by atoms with Gasteiger partial charge in [-0.25, -0.2) is 4.79 Å². The molecule has 0 saturated heterocycles. The van der Waals surface area contributed by atoms with Gasteiger partial charge >= 0.3 is 5.97 Å². The van der Waals surface area contributed by atoms with Crippen LogP contribution in [0.15, 0.2) is 0 Å². The minimum Gasteiger partial charge on any atom is -0.480 e. The molecule has 0 heterocycles. The molecule has 0 aromatic rings. The van der Waals surface area contributed by atoms with E-state index in [1.165, 1.54) is 51.4 Å². The standard InChI is InChI=1S/C26H51N3O4/c1-4-5-6-7-8-9-10-11-12-13-14-18-24(30)28-23(20-21(2)3)25(31)29-22(26(32)33)17-15-16-19-27/h21-23H,4-20,27H2,1-3H3,(H,28,30)(H,29,31)(H,32,33)/t22-,23-/m0/s1. The largest absolute Gasteiger partial charge is 0.480 e. The summed E-state index contributed by atoms with van der Waals surface area (Å²) in [4.78, 5) is 36.6. The second-order valence-electron chi connectivity index (χ2n) is 9.72.